The van der Waals surface area contributed by atoms with Crippen molar-refractivity contribution in [2.24, 2.45) is 0 Å². The van der Waals surface area contributed by atoms with E-state index in [0.717, 1.165) is 19.1 Å². The van der Waals surface area contributed by atoms with Gasteiger partial charge in [0.25, 0.3) is 11.5 Å². The second-order valence-electron chi connectivity index (χ2n) is 7.03. The molecular formula is C21H25N3O4. The van der Waals surface area contributed by atoms with Gasteiger partial charge in [0.15, 0.2) is 0 Å². The summed E-state index contributed by atoms with van der Waals surface area (Å²) in [4.78, 5) is 45.3. The number of carbonyl (C=O) groups excluding carboxylic acids is 2. The second-order valence-corrected chi connectivity index (χ2v) is 7.03. The zero-order valence-corrected chi connectivity index (χ0v) is 16.4. The Bertz CT molecular complexity index is 951. The Labute approximate surface area is 163 Å². The van der Waals surface area contributed by atoms with Gasteiger partial charge in [-0.3, -0.25) is 9.59 Å². The molecule has 28 heavy (non-hydrogen) atoms. The Kier molecular flexibility index (Phi) is 5.92. The molecule has 2 aromatic rings. The Hall–Kier alpha value is -2.96. The van der Waals surface area contributed by atoms with Gasteiger partial charge in [-0.1, -0.05) is 6.92 Å². The van der Waals surface area contributed by atoms with Gasteiger partial charge in [0, 0.05) is 23.4 Å². The number of H-pyrrole nitrogens is 1. The zero-order chi connectivity index (χ0) is 20.3. The van der Waals surface area contributed by atoms with E-state index < -0.39 is 0 Å². The number of aryl methyl sites for hydroxylation is 1. The largest absolute Gasteiger partial charge is 0.493 e. The molecule has 1 aromatic heterocycles. The molecule has 148 valence electrons. The minimum absolute atomic E-state index is 0.205. The molecule has 3 rings (SSSR count). The van der Waals surface area contributed by atoms with Crippen LogP contribution in [0.2, 0.25) is 0 Å². The molecular weight excluding hydrogens is 358 g/mol. The molecule has 0 spiro atoms. The van der Waals surface area contributed by atoms with Crippen LogP contribution in [0.3, 0.4) is 0 Å². The number of aromatic nitrogens is 2. The number of ether oxygens (including phenoxy) is 1. The molecule has 1 N–H and O–H groups in total. The highest BCUT2D eigenvalue weighted by atomic mass is 16.5. The fourth-order valence-corrected chi connectivity index (χ4v) is 3.31. The first kappa shape index (κ1) is 19.8. The zero-order valence-electron chi connectivity index (χ0n) is 16.4. The van der Waals surface area contributed by atoms with E-state index in [1.165, 1.54) is 0 Å². The fourth-order valence-electron chi connectivity index (χ4n) is 3.31. The molecule has 1 aliphatic heterocycles. The summed E-state index contributed by atoms with van der Waals surface area (Å²) in [5, 5.41) is 0. The van der Waals surface area contributed by atoms with Gasteiger partial charge < -0.3 is 19.4 Å². The van der Waals surface area contributed by atoms with Crippen LogP contribution >= 0.6 is 0 Å². The summed E-state index contributed by atoms with van der Waals surface area (Å²) in [6, 6.07) is 4.71. The molecule has 1 fully saturated rings. The monoisotopic (exact) mass is 383 g/mol. The number of carbonyl (C=O) groups is 2. The number of benzene rings is 1. The summed E-state index contributed by atoms with van der Waals surface area (Å²) >= 11 is 0. The van der Waals surface area contributed by atoms with Crippen molar-refractivity contribution in [3.63, 3.8) is 0 Å². The first-order chi connectivity index (χ1) is 13.5. The number of aromatic amines is 1. The predicted molar refractivity (Wildman–Crippen MR) is 106 cm³/mol. The quantitative estimate of drug-likeness (QED) is 0.774. The second kappa shape index (κ2) is 8.37. The SMILES string of the molecule is CCCOc1ccc(C(=O)N2CCCC2C=O)cc1-c1nc(C)c(C)c(=O)[nH]1. The lowest BCUT2D eigenvalue weighted by Gasteiger charge is -2.21. The summed E-state index contributed by atoms with van der Waals surface area (Å²) in [7, 11) is 0. The molecule has 7 nitrogen and oxygen atoms in total. The molecule has 1 unspecified atom stereocenters. The molecule has 7 heteroatoms. The van der Waals surface area contributed by atoms with E-state index in [-0.39, 0.29) is 17.5 Å². The van der Waals surface area contributed by atoms with Crippen molar-refractivity contribution in [1.29, 1.82) is 0 Å². The minimum Gasteiger partial charge on any atom is -0.493 e. The highest BCUT2D eigenvalue weighted by Crippen LogP contribution is 2.30. The summed E-state index contributed by atoms with van der Waals surface area (Å²) in [5.41, 5.74) is 1.95. The van der Waals surface area contributed by atoms with E-state index in [1.54, 1.807) is 36.9 Å². The summed E-state index contributed by atoms with van der Waals surface area (Å²) < 4.78 is 5.81. The van der Waals surface area contributed by atoms with E-state index in [2.05, 4.69) is 9.97 Å². The predicted octanol–water partition coefficient (Wildman–Crippen LogP) is 2.65. The number of hydrogen-bond acceptors (Lipinski definition) is 5. The number of amides is 1. The van der Waals surface area contributed by atoms with Crippen molar-refractivity contribution >= 4 is 12.2 Å². The van der Waals surface area contributed by atoms with Crippen molar-refractivity contribution in [1.82, 2.24) is 14.9 Å². The molecule has 1 atom stereocenters. The Morgan fingerprint density at radius 1 is 1.39 bits per heavy atom. The van der Waals surface area contributed by atoms with Crippen molar-refractivity contribution in [3.05, 3.63) is 45.4 Å². The fraction of sp³-hybridized carbons (Fsp3) is 0.429. The molecule has 0 bridgehead atoms. The number of nitrogens with zero attached hydrogens (tertiary/aromatic N) is 2. The standard InChI is InChI=1S/C21H25N3O4/c1-4-10-28-18-8-7-15(21(27)24-9-5-6-16(24)12-25)11-17(18)19-22-14(3)13(2)20(26)23-19/h7-8,11-12,16H,4-6,9-10H2,1-3H3,(H,22,23,26). The molecule has 1 saturated heterocycles. The Balaban J connectivity index is 2.06. The topological polar surface area (TPSA) is 92.4 Å². The van der Waals surface area contributed by atoms with E-state index >= 15 is 0 Å². The Morgan fingerprint density at radius 3 is 2.86 bits per heavy atom. The van der Waals surface area contributed by atoms with Gasteiger partial charge in [-0.15, -0.1) is 0 Å². The number of hydrogen-bond donors (Lipinski definition) is 1. The van der Waals surface area contributed by atoms with Crippen LogP contribution in [0, 0.1) is 13.8 Å². The van der Waals surface area contributed by atoms with Gasteiger partial charge in [0.1, 0.15) is 17.9 Å². The van der Waals surface area contributed by atoms with Gasteiger partial charge in [-0.25, -0.2) is 4.98 Å². The van der Waals surface area contributed by atoms with E-state index in [0.29, 0.717) is 53.5 Å². The van der Waals surface area contributed by atoms with Crippen LogP contribution in [0.5, 0.6) is 5.75 Å². The van der Waals surface area contributed by atoms with Crippen molar-refractivity contribution in [2.45, 2.75) is 46.1 Å². The van der Waals surface area contributed by atoms with Gasteiger partial charge in [-0.05, 0) is 51.3 Å². The lowest BCUT2D eigenvalue weighted by atomic mass is 10.1. The molecule has 2 heterocycles. The molecule has 1 amide bonds. The van der Waals surface area contributed by atoms with Crippen molar-refractivity contribution in [2.75, 3.05) is 13.2 Å². The van der Waals surface area contributed by atoms with Gasteiger partial charge in [-0.2, -0.15) is 0 Å². The molecule has 1 aromatic carbocycles. The molecule has 0 aliphatic carbocycles. The maximum Gasteiger partial charge on any atom is 0.254 e. The lowest BCUT2D eigenvalue weighted by molar-refractivity contribution is -0.111. The summed E-state index contributed by atoms with van der Waals surface area (Å²) in [5.74, 6) is 0.712. The first-order valence-electron chi connectivity index (χ1n) is 9.57. The third kappa shape index (κ3) is 3.83. The van der Waals surface area contributed by atoms with Crippen LogP contribution < -0.4 is 10.3 Å². The van der Waals surface area contributed by atoms with Crippen LogP contribution in [0.25, 0.3) is 11.4 Å². The highest BCUT2D eigenvalue weighted by molar-refractivity contribution is 5.97. The number of nitrogens with one attached hydrogen (secondary N) is 1. The average molecular weight is 383 g/mol. The maximum atomic E-state index is 12.9. The van der Waals surface area contributed by atoms with Crippen LogP contribution in [0.15, 0.2) is 23.0 Å². The van der Waals surface area contributed by atoms with E-state index in [4.69, 9.17) is 4.74 Å². The maximum absolute atomic E-state index is 12.9. The van der Waals surface area contributed by atoms with Crippen molar-refractivity contribution < 1.29 is 14.3 Å². The summed E-state index contributed by atoms with van der Waals surface area (Å²) in [6.07, 6.45) is 3.15. The summed E-state index contributed by atoms with van der Waals surface area (Å²) in [6.45, 7) is 6.56. The highest BCUT2D eigenvalue weighted by Gasteiger charge is 2.29. The number of likely N-dealkylation sites (tertiary alicyclic amines) is 1. The molecule has 0 saturated carbocycles. The minimum atomic E-state index is -0.383. The molecule has 1 aliphatic rings. The molecule has 0 radical (unpaired) electrons. The third-order valence-electron chi connectivity index (χ3n) is 5.06. The number of rotatable bonds is 6. The van der Waals surface area contributed by atoms with Crippen LogP contribution in [0.4, 0.5) is 0 Å². The van der Waals surface area contributed by atoms with Crippen LogP contribution in [0.1, 0.15) is 47.8 Å². The number of aldehydes is 1. The van der Waals surface area contributed by atoms with Crippen LogP contribution in [-0.2, 0) is 4.79 Å². The normalized spacial score (nSPS) is 16.2. The van der Waals surface area contributed by atoms with E-state index in [1.807, 2.05) is 6.92 Å². The van der Waals surface area contributed by atoms with Crippen LogP contribution in [-0.4, -0.2) is 46.3 Å². The third-order valence-corrected chi connectivity index (χ3v) is 5.06. The van der Waals surface area contributed by atoms with Gasteiger partial charge in [0.05, 0.1) is 18.2 Å². The van der Waals surface area contributed by atoms with Gasteiger partial charge >= 0.3 is 0 Å². The average Bonchev–Trinajstić information content (AvgIpc) is 3.18. The van der Waals surface area contributed by atoms with Gasteiger partial charge in [0.2, 0.25) is 0 Å². The first-order valence-corrected chi connectivity index (χ1v) is 9.57. The van der Waals surface area contributed by atoms with Crippen molar-refractivity contribution in [3.8, 4) is 17.1 Å². The lowest BCUT2D eigenvalue weighted by Crippen LogP contribution is -2.36. The smallest absolute Gasteiger partial charge is 0.254 e. The van der Waals surface area contributed by atoms with E-state index in [9.17, 15) is 14.4 Å². The Morgan fingerprint density at radius 2 is 2.18 bits per heavy atom.